The summed E-state index contributed by atoms with van der Waals surface area (Å²) in [6.07, 6.45) is 84.4. The molecule has 0 aromatic heterocycles. The third-order valence-electron chi connectivity index (χ3n) is 16.8. The van der Waals surface area contributed by atoms with Crippen LogP contribution in [0.25, 0.3) is 0 Å². The van der Waals surface area contributed by atoms with Gasteiger partial charge in [0.1, 0.15) is 25.4 Å². The van der Waals surface area contributed by atoms with Crippen LogP contribution in [0.1, 0.15) is 342 Å². The Morgan fingerprint density at radius 1 is 0.283 bits per heavy atom. The van der Waals surface area contributed by atoms with Gasteiger partial charge in [0.15, 0.2) is 6.10 Å². The van der Waals surface area contributed by atoms with Crippen LogP contribution in [0.4, 0.5) is 0 Å². The fourth-order valence-corrected chi connectivity index (χ4v) is 12.3. The number of phosphoric ester groups is 2. The maximum absolute atomic E-state index is 13.0. The zero-order valence-electron chi connectivity index (χ0n) is 62.6. The third-order valence-corrected chi connectivity index (χ3v) is 18.7. The molecule has 5 atom stereocenters. The number of unbranched alkanes of at least 4 members (excludes halogenated alkanes) is 36. The van der Waals surface area contributed by atoms with E-state index < -0.39 is 91.5 Å². The summed E-state index contributed by atoms with van der Waals surface area (Å²) in [5, 5.41) is 20.6. The number of phosphoric acid groups is 2. The molecule has 0 aliphatic carbocycles. The van der Waals surface area contributed by atoms with Gasteiger partial charge in [-0.25, -0.2) is 9.13 Å². The van der Waals surface area contributed by atoms with Crippen LogP contribution in [0.2, 0.25) is 0 Å². The molecule has 0 aromatic carbocycles. The molecule has 0 saturated heterocycles. The lowest BCUT2D eigenvalue weighted by Gasteiger charge is -2.21. The summed E-state index contributed by atoms with van der Waals surface area (Å²) in [5.41, 5.74) is 0. The summed E-state index contributed by atoms with van der Waals surface area (Å²) in [7, 11) is -9.79. The SMILES string of the molecule is CCCCC/C=C\C/C=C\C/C=C\C/C=C\CCCCCCCCCCCCCC(=O)OCC(O)COP(=O)(O)OCC(O)COP(=O)(O)OCC(COC(=O)CCCCCCC/C=C\C/C=C\C/C=C\C/C=C\CCCCC)OC(=O)CCCCCCCCCCCCCCCCC. The van der Waals surface area contributed by atoms with Gasteiger partial charge in [-0.1, -0.05) is 311 Å². The molecular formula is C81H144O16P2. The van der Waals surface area contributed by atoms with Crippen molar-refractivity contribution in [2.75, 3.05) is 39.6 Å². The van der Waals surface area contributed by atoms with Gasteiger partial charge in [-0.05, 0) is 109 Å². The van der Waals surface area contributed by atoms with E-state index in [0.717, 1.165) is 122 Å². The maximum Gasteiger partial charge on any atom is 0.472 e. The normalized spacial score (nSPS) is 14.5. The number of esters is 3. The Balaban J connectivity index is 4.56. The molecule has 574 valence electrons. The molecule has 0 saturated carbocycles. The molecule has 5 unspecified atom stereocenters. The molecule has 4 N–H and O–H groups in total. The average molecular weight is 1440 g/mol. The van der Waals surface area contributed by atoms with Gasteiger partial charge in [-0.15, -0.1) is 0 Å². The first-order valence-corrected chi connectivity index (χ1v) is 42.5. The van der Waals surface area contributed by atoms with Crippen molar-refractivity contribution in [2.24, 2.45) is 0 Å². The van der Waals surface area contributed by atoms with E-state index in [1.54, 1.807) is 0 Å². The third kappa shape index (κ3) is 75.5. The quantitative estimate of drug-likeness (QED) is 0.0146. The number of aliphatic hydroxyl groups excluding tert-OH is 2. The fourth-order valence-electron chi connectivity index (χ4n) is 10.7. The number of carbonyl (C=O) groups excluding carboxylic acids is 3. The van der Waals surface area contributed by atoms with E-state index in [1.807, 2.05) is 0 Å². The summed E-state index contributed by atoms with van der Waals surface area (Å²) in [4.78, 5) is 58.6. The van der Waals surface area contributed by atoms with Crippen LogP contribution in [0.3, 0.4) is 0 Å². The summed E-state index contributed by atoms with van der Waals surface area (Å²) >= 11 is 0. The van der Waals surface area contributed by atoms with Gasteiger partial charge in [0.25, 0.3) is 0 Å². The molecule has 0 heterocycles. The average Bonchev–Trinajstić information content (AvgIpc) is 1.44. The second kappa shape index (κ2) is 74.2. The highest BCUT2D eigenvalue weighted by Crippen LogP contribution is 2.45. The lowest BCUT2D eigenvalue weighted by Crippen LogP contribution is -2.30. The minimum Gasteiger partial charge on any atom is -0.463 e. The Labute approximate surface area is 603 Å². The number of carbonyl (C=O) groups is 3. The first kappa shape index (κ1) is 95.5. The first-order chi connectivity index (χ1) is 48.2. The minimum atomic E-state index is -4.93. The van der Waals surface area contributed by atoms with Gasteiger partial charge in [-0.2, -0.15) is 0 Å². The van der Waals surface area contributed by atoms with Crippen molar-refractivity contribution in [3.63, 3.8) is 0 Å². The number of aliphatic hydroxyl groups is 2. The van der Waals surface area contributed by atoms with Gasteiger partial charge < -0.3 is 34.2 Å². The number of hydrogen-bond donors (Lipinski definition) is 4. The van der Waals surface area contributed by atoms with Crippen molar-refractivity contribution in [3.8, 4) is 0 Å². The van der Waals surface area contributed by atoms with E-state index >= 15 is 0 Å². The zero-order valence-corrected chi connectivity index (χ0v) is 64.4. The van der Waals surface area contributed by atoms with Crippen molar-refractivity contribution in [3.05, 3.63) is 97.2 Å². The monoisotopic (exact) mass is 1430 g/mol. The van der Waals surface area contributed by atoms with Crippen LogP contribution in [0.5, 0.6) is 0 Å². The molecule has 0 bridgehead atoms. The molecule has 0 rings (SSSR count). The summed E-state index contributed by atoms with van der Waals surface area (Å²) in [5.74, 6) is -1.58. The highest BCUT2D eigenvalue weighted by atomic mass is 31.2. The van der Waals surface area contributed by atoms with Crippen LogP contribution in [-0.2, 0) is 55.8 Å². The van der Waals surface area contributed by atoms with E-state index in [4.69, 9.17) is 32.3 Å². The molecule has 0 radical (unpaired) electrons. The van der Waals surface area contributed by atoms with Gasteiger partial charge in [0, 0.05) is 19.3 Å². The van der Waals surface area contributed by atoms with E-state index in [9.17, 15) is 43.5 Å². The molecule has 16 nitrogen and oxygen atoms in total. The maximum atomic E-state index is 13.0. The van der Waals surface area contributed by atoms with Crippen LogP contribution in [0, 0.1) is 0 Å². The number of rotatable bonds is 75. The second-order valence-electron chi connectivity index (χ2n) is 26.5. The summed E-state index contributed by atoms with van der Waals surface area (Å²) in [6.45, 7) is 2.64. The Morgan fingerprint density at radius 3 is 0.818 bits per heavy atom. The van der Waals surface area contributed by atoms with Crippen LogP contribution in [-0.4, -0.2) is 95.9 Å². The molecule has 18 heteroatoms. The van der Waals surface area contributed by atoms with Crippen LogP contribution in [0.15, 0.2) is 97.2 Å². The zero-order chi connectivity index (χ0) is 72.3. The van der Waals surface area contributed by atoms with Crippen LogP contribution >= 0.6 is 15.6 Å². The topological polar surface area (TPSA) is 231 Å². The van der Waals surface area contributed by atoms with Gasteiger partial charge >= 0.3 is 33.6 Å². The number of ether oxygens (including phenoxy) is 3. The molecule has 0 fully saturated rings. The van der Waals surface area contributed by atoms with Crippen molar-refractivity contribution in [1.82, 2.24) is 0 Å². The molecular weight excluding hydrogens is 1290 g/mol. The summed E-state index contributed by atoms with van der Waals surface area (Å²) < 4.78 is 61.1. The van der Waals surface area contributed by atoms with Crippen LogP contribution < -0.4 is 0 Å². The lowest BCUT2D eigenvalue weighted by molar-refractivity contribution is -0.161. The molecule has 99 heavy (non-hydrogen) atoms. The minimum absolute atomic E-state index is 0.104. The number of hydrogen-bond acceptors (Lipinski definition) is 14. The smallest absolute Gasteiger partial charge is 0.463 e. The van der Waals surface area contributed by atoms with Gasteiger partial charge in [-0.3, -0.25) is 32.5 Å². The Bertz CT molecular complexity index is 2190. The Kier molecular flexibility index (Phi) is 71.6. The van der Waals surface area contributed by atoms with Crippen molar-refractivity contribution in [1.29, 1.82) is 0 Å². The lowest BCUT2D eigenvalue weighted by atomic mass is 10.0. The van der Waals surface area contributed by atoms with E-state index in [2.05, 4.69) is 118 Å². The molecule has 0 spiro atoms. The highest BCUT2D eigenvalue weighted by molar-refractivity contribution is 7.47. The largest absolute Gasteiger partial charge is 0.472 e. The second-order valence-corrected chi connectivity index (χ2v) is 29.4. The van der Waals surface area contributed by atoms with E-state index in [0.29, 0.717) is 19.3 Å². The predicted molar refractivity (Wildman–Crippen MR) is 408 cm³/mol. The standard InChI is InChI=1S/C81H144O16P2/c1-4-7-10-13-16-19-22-25-28-30-32-34-35-36-37-38-39-41-43-44-47-49-52-55-58-61-64-67-79(84)91-70-76(82)71-93-98(87,88)94-72-77(83)73-95-99(89,90)96-75-78(97-81(86)69-66-63-60-57-54-51-46-27-24-21-18-15-12-9-6-3)74-92-80(85)68-65-62-59-56-53-50-48-45-42-40-33-31-29-26-23-20-17-14-11-8-5-2/h16-17,19-20,25-26,28-29,32-34,36-37,40,45,48,76-78,82-83H,4-15,18,21-24,27,30-31,35,38-39,41-44,46-47,49-75H2,1-3H3,(H,87,88)(H,89,90)/b19-16-,20-17-,28-25-,29-26-,34-32-,37-36-,40-33-,48-45-. The van der Waals surface area contributed by atoms with E-state index in [1.165, 1.54) is 161 Å². The summed E-state index contributed by atoms with van der Waals surface area (Å²) in [6, 6.07) is 0. The fraction of sp³-hybridized carbons (Fsp3) is 0.765. The Hall–Kier alpha value is -3.53. The molecule has 0 amide bonds. The van der Waals surface area contributed by atoms with Gasteiger partial charge in [0.05, 0.1) is 26.4 Å². The van der Waals surface area contributed by atoms with Gasteiger partial charge in [0.2, 0.25) is 0 Å². The van der Waals surface area contributed by atoms with Crippen molar-refractivity contribution in [2.45, 2.75) is 360 Å². The molecule has 0 aliphatic heterocycles. The van der Waals surface area contributed by atoms with E-state index in [-0.39, 0.29) is 19.3 Å². The Morgan fingerprint density at radius 2 is 0.505 bits per heavy atom. The molecule has 0 aromatic rings. The molecule has 0 aliphatic rings. The highest BCUT2D eigenvalue weighted by Gasteiger charge is 2.29. The predicted octanol–water partition coefficient (Wildman–Crippen LogP) is 23.0. The van der Waals surface area contributed by atoms with Crippen molar-refractivity contribution >= 4 is 33.6 Å². The number of allylic oxidation sites excluding steroid dienone is 16. The first-order valence-electron chi connectivity index (χ1n) is 39.5. The van der Waals surface area contributed by atoms with Crippen molar-refractivity contribution < 1.29 is 75.8 Å².